The SMILES string of the molecule is CCc1cc(-c2cnc3[nH]cc(C4=C/CCN(CC)CCCN/N=C\4)c3n2)ccc1CCC(C)(C)C. The quantitative estimate of drug-likeness (QED) is 0.433. The summed E-state index contributed by atoms with van der Waals surface area (Å²) < 4.78 is 0. The number of aromatic amines is 1. The van der Waals surface area contributed by atoms with Crippen LogP contribution in [-0.2, 0) is 12.8 Å². The number of aryl methyl sites for hydroxylation is 2. The Morgan fingerprint density at radius 1 is 1.08 bits per heavy atom. The predicted molar refractivity (Wildman–Crippen MR) is 152 cm³/mol. The molecule has 1 aliphatic rings. The number of allylic oxidation sites excluding steroid dienone is 1. The molecule has 2 aromatic heterocycles. The molecule has 3 aromatic rings. The van der Waals surface area contributed by atoms with E-state index in [9.17, 15) is 0 Å². The Balaban J connectivity index is 1.65. The second-order valence-electron chi connectivity index (χ2n) is 11.0. The number of hydrazone groups is 1. The number of hydrogen-bond donors (Lipinski definition) is 2. The van der Waals surface area contributed by atoms with Gasteiger partial charge in [0.2, 0.25) is 0 Å². The lowest BCUT2D eigenvalue weighted by molar-refractivity contribution is 0.289. The molecule has 6 nitrogen and oxygen atoms in total. The van der Waals surface area contributed by atoms with Gasteiger partial charge in [0.15, 0.2) is 5.65 Å². The zero-order valence-corrected chi connectivity index (χ0v) is 22.7. The zero-order chi connectivity index (χ0) is 25.5. The third-order valence-corrected chi connectivity index (χ3v) is 7.03. The average molecular weight is 487 g/mol. The average Bonchev–Trinajstić information content (AvgIpc) is 3.27. The van der Waals surface area contributed by atoms with Gasteiger partial charge < -0.3 is 15.3 Å². The minimum Gasteiger partial charge on any atom is -0.344 e. The Bertz CT molecular complexity index is 1210. The maximum atomic E-state index is 5.09. The van der Waals surface area contributed by atoms with Gasteiger partial charge in [0.1, 0.15) is 5.52 Å². The molecular weight excluding hydrogens is 444 g/mol. The number of H-pyrrole nitrogens is 1. The third-order valence-electron chi connectivity index (χ3n) is 7.03. The normalized spacial score (nSPS) is 18.3. The zero-order valence-electron chi connectivity index (χ0n) is 22.7. The van der Waals surface area contributed by atoms with Crippen molar-refractivity contribution in [3.05, 3.63) is 53.4 Å². The molecule has 0 aliphatic carbocycles. The Morgan fingerprint density at radius 3 is 2.72 bits per heavy atom. The van der Waals surface area contributed by atoms with E-state index in [2.05, 4.69) is 79.3 Å². The van der Waals surface area contributed by atoms with Crippen molar-refractivity contribution in [2.24, 2.45) is 10.5 Å². The number of nitrogens with one attached hydrogen (secondary N) is 2. The van der Waals surface area contributed by atoms with Crippen molar-refractivity contribution in [3.8, 4) is 11.3 Å². The van der Waals surface area contributed by atoms with E-state index in [-0.39, 0.29) is 0 Å². The smallest absolute Gasteiger partial charge is 0.156 e. The highest BCUT2D eigenvalue weighted by atomic mass is 15.3. The monoisotopic (exact) mass is 486 g/mol. The highest BCUT2D eigenvalue weighted by molar-refractivity contribution is 6.13. The molecule has 0 amide bonds. The highest BCUT2D eigenvalue weighted by Crippen LogP contribution is 2.28. The summed E-state index contributed by atoms with van der Waals surface area (Å²) in [5, 5.41) is 4.49. The Labute approximate surface area is 216 Å². The maximum Gasteiger partial charge on any atom is 0.156 e. The van der Waals surface area contributed by atoms with E-state index in [0.29, 0.717) is 5.41 Å². The van der Waals surface area contributed by atoms with Crippen LogP contribution in [0.25, 0.3) is 28.0 Å². The number of nitrogens with zero attached hydrogens (tertiary/aromatic N) is 4. The molecule has 0 saturated carbocycles. The summed E-state index contributed by atoms with van der Waals surface area (Å²) in [7, 11) is 0. The van der Waals surface area contributed by atoms with E-state index in [1.807, 2.05) is 18.6 Å². The van der Waals surface area contributed by atoms with Gasteiger partial charge in [-0.25, -0.2) is 9.97 Å². The van der Waals surface area contributed by atoms with Crippen LogP contribution in [0, 0.1) is 5.41 Å². The van der Waals surface area contributed by atoms with Gasteiger partial charge >= 0.3 is 0 Å². The Hall–Kier alpha value is -2.99. The summed E-state index contributed by atoms with van der Waals surface area (Å²) in [6.07, 6.45) is 13.5. The number of aromatic nitrogens is 3. The summed E-state index contributed by atoms with van der Waals surface area (Å²) in [6.45, 7) is 15.5. The fraction of sp³-hybridized carbons (Fsp3) is 0.500. The maximum absolute atomic E-state index is 5.09. The number of fused-ring (bicyclic) bond motifs is 1. The molecule has 0 atom stereocenters. The van der Waals surface area contributed by atoms with Crippen LogP contribution in [0.5, 0.6) is 0 Å². The lowest BCUT2D eigenvalue weighted by Gasteiger charge is -2.19. The van der Waals surface area contributed by atoms with Crippen LogP contribution in [0.3, 0.4) is 0 Å². The van der Waals surface area contributed by atoms with E-state index in [1.165, 1.54) is 17.5 Å². The summed E-state index contributed by atoms with van der Waals surface area (Å²) in [6, 6.07) is 6.79. The fourth-order valence-electron chi connectivity index (χ4n) is 4.74. The number of hydrogen-bond acceptors (Lipinski definition) is 5. The van der Waals surface area contributed by atoms with E-state index in [1.54, 1.807) is 0 Å². The van der Waals surface area contributed by atoms with Crippen LogP contribution < -0.4 is 5.43 Å². The molecule has 0 saturated heterocycles. The Kier molecular flexibility index (Phi) is 8.57. The standard InChI is InChI=1S/C30H42N6/c1-6-22-18-24(12-11-23(22)13-14-30(3,4)5)27-21-32-29-28(35-27)26(20-31-29)25-10-8-16-36(7-2)17-9-15-33-34-19-25/h10-12,18-21,33H,6-9,13-17H2,1-5H3,(H,31,32)/b25-10+,34-19-. The molecule has 192 valence electrons. The van der Waals surface area contributed by atoms with Gasteiger partial charge in [-0.05, 0) is 67.8 Å². The first kappa shape index (κ1) is 26.1. The lowest BCUT2D eigenvalue weighted by Crippen LogP contribution is -2.27. The predicted octanol–water partition coefficient (Wildman–Crippen LogP) is 6.24. The summed E-state index contributed by atoms with van der Waals surface area (Å²) in [5.41, 5.74) is 12.2. The molecule has 36 heavy (non-hydrogen) atoms. The molecule has 0 fully saturated rings. The van der Waals surface area contributed by atoms with Crippen molar-refractivity contribution in [1.82, 2.24) is 25.3 Å². The number of rotatable bonds is 6. The van der Waals surface area contributed by atoms with Gasteiger partial charge in [-0.3, -0.25) is 0 Å². The van der Waals surface area contributed by atoms with E-state index >= 15 is 0 Å². The topological polar surface area (TPSA) is 69.2 Å². The van der Waals surface area contributed by atoms with Crippen LogP contribution >= 0.6 is 0 Å². The minimum atomic E-state index is 0.335. The second kappa shape index (κ2) is 11.8. The minimum absolute atomic E-state index is 0.335. The molecule has 1 aliphatic heterocycles. The molecule has 0 spiro atoms. The van der Waals surface area contributed by atoms with E-state index < -0.39 is 0 Å². The largest absolute Gasteiger partial charge is 0.344 e. The van der Waals surface area contributed by atoms with Crippen LogP contribution in [0.1, 0.15) is 70.6 Å². The van der Waals surface area contributed by atoms with Crippen LogP contribution in [0.4, 0.5) is 0 Å². The van der Waals surface area contributed by atoms with Gasteiger partial charge in [0.25, 0.3) is 0 Å². The van der Waals surface area contributed by atoms with Crippen LogP contribution in [0.15, 0.2) is 41.8 Å². The van der Waals surface area contributed by atoms with E-state index in [0.717, 1.165) is 85.4 Å². The highest BCUT2D eigenvalue weighted by Gasteiger charge is 2.15. The van der Waals surface area contributed by atoms with Gasteiger partial charge in [0.05, 0.1) is 18.1 Å². The van der Waals surface area contributed by atoms with Gasteiger partial charge in [0, 0.05) is 36.0 Å². The van der Waals surface area contributed by atoms with Gasteiger partial charge in [-0.15, -0.1) is 0 Å². The molecule has 1 aromatic carbocycles. The first-order valence-electron chi connectivity index (χ1n) is 13.5. The Morgan fingerprint density at radius 2 is 1.94 bits per heavy atom. The summed E-state index contributed by atoms with van der Waals surface area (Å²) in [5.74, 6) is 0. The van der Waals surface area contributed by atoms with Crippen LogP contribution in [0.2, 0.25) is 0 Å². The molecule has 0 unspecified atom stereocenters. The summed E-state index contributed by atoms with van der Waals surface area (Å²) in [4.78, 5) is 15.6. The van der Waals surface area contributed by atoms with Crippen molar-refractivity contribution < 1.29 is 0 Å². The molecule has 6 heteroatoms. The summed E-state index contributed by atoms with van der Waals surface area (Å²) >= 11 is 0. The van der Waals surface area contributed by atoms with Crippen LogP contribution in [-0.4, -0.2) is 52.2 Å². The lowest BCUT2D eigenvalue weighted by atomic mass is 9.87. The molecule has 2 N–H and O–H groups in total. The third kappa shape index (κ3) is 6.61. The fourth-order valence-corrected chi connectivity index (χ4v) is 4.74. The second-order valence-corrected chi connectivity index (χ2v) is 11.0. The van der Waals surface area contributed by atoms with Crippen molar-refractivity contribution in [2.75, 3.05) is 26.2 Å². The molecule has 0 bridgehead atoms. The van der Waals surface area contributed by atoms with Crippen molar-refractivity contribution >= 4 is 23.0 Å². The molecule has 3 heterocycles. The van der Waals surface area contributed by atoms with Crippen molar-refractivity contribution in [3.63, 3.8) is 0 Å². The molecule has 4 rings (SSSR count). The number of benzene rings is 1. The molecular formula is C30H42N6. The van der Waals surface area contributed by atoms with Gasteiger partial charge in [-0.2, -0.15) is 5.10 Å². The van der Waals surface area contributed by atoms with E-state index in [4.69, 9.17) is 9.97 Å². The first-order chi connectivity index (χ1) is 17.4. The van der Waals surface area contributed by atoms with Gasteiger partial charge in [-0.1, -0.05) is 52.8 Å². The molecule has 0 radical (unpaired) electrons. The first-order valence-corrected chi connectivity index (χ1v) is 13.5. The van der Waals surface area contributed by atoms with Crippen molar-refractivity contribution in [1.29, 1.82) is 0 Å². The van der Waals surface area contributed by atoms with Crippen molar-refractivity contribution in [2.45, 2.75) is 66.7 Å².